The quantitative estimate of drug-likeness (QED) is 0.851. The van der Waals surface area contributed by atoms with Crippen molar-refractivity contribution in [3.63, 3.8) is 0 Å². The van der Waals surface area contributed by atoms with Crippen LogP contribution in [0, 0.1) is 0 Å². The second-order valence-electron chi connectivity index (χ2n) is 6.87. The lowest BCUT2D eigenvalue weighted by Gasteiger charge is -2.31. The molecule has 2 aromatic carbocycles. The van der Waals surface area contributed by atoms with E-state index >= 15 is 0 Å². The summed E-state index contributed by atoms with van der Waals surface area (Å²) < 4.78 is 0. The van der Waals surface area contributed by atoms with Crippen molar-refractivity contribution in [2.24, 2.45) is 0 Å². The molecule has 0 aliphatic carbocycles. The zero-order chi connectivity index (χ0) is 17.7. The topological polar surface area (TPSA) is 52.6 Å². The van der Waals surface area contributed by atoms with Gasteiger partial charge < -0.3 is 15.3 Å². The predicted octanol–water partition coefficient (Wildman–Crippen LogP) is 2.46. The van der Waals surface area contributed by atoms with Gasteiger partial charge in [-0.3, -0.25) is 4.79 Å². The van der Waals surface area contributed by atoms with Gasteiger partial charge in [0.1, 0.15) is 0 Å². The third-order valence-electron chi connectivity index (χ3n) is 5.06. The summed E-state index contributed by atoms with van der Waals surface area (Å²) in [6, 6.07) is 18.2. The van der Waals surface area contributed by atoms with E-state index in [0.717, 1.165) is 18.5 Å². The number of hydrogen-bond acceptors (Lipinski definition) is 3. The number of rotatable bonds is 6. The maximum atomic E-state index is 12.5. The van der Waals surface area contributed by atoms with E-state index in [2.05, 4.69) is 23.5 Å². The van der Waals surface area contributed by atoms with Gasteiger partial charge in [-0.1, -0.05) is 54.6 Å². The fourth-order valence-electron chi connectivity index (χ4n) is 3.37. The second-order valence-corrected chi connectivity index (χ2v) is 6.87. The molecule has 0 unspecified atom stereocenters. The van der Waals surface area contributed by atoms with Crippen LogP contribution < -0.4 is 5.32 Å². The van der Waals surface area contributed by atoms with E-state index in [4.69, 9.17) is 0 Å². The highest BCUT2D eigenvalue weighted by Crippen LogP contribution is 2.21. The molecule has 1 atom stereocenters. The molecule has 0 spiro atoms. The standard InChI is InChI=1S/C21H26N2O2/c1-21(16-24,19-9-3-2-4-10-19)22-13-11-20(25)23-14-12-17-7-5-6-8-18(17)15-23/h2-10,22,24H,11-16H2,1H3/t21-/m1/s1. The van der Waals surface area contributed by atoms with Crippen LogP contribution in [0.5, 0.6) is 0 Å². The summed E-state index contributed by atoms with van der Waals surface area (Å²) in [7, 11) is 0. The fourth-order valence-corrected chi connectivity index (χ4v) is 3.37. The van der Waals surface area contributed by atoms with Crippen LogP contribution in [0.3, 0.4) is 0 Å². The summed E-state index contributed by atoms with van der Waals surface area (Å²) in [6.07, 6.45) is 1.36. The molecule has 1 aliphatic heterocycles. The molecule has 2 N–H and O–H groups in total. The number of nitrogens with zero attached hydrogens (tertiary/aromatic N) is 1. The van der Waals surface area contributed by atoms with E-state index in [1.807, 2.05) is 48.2 Å². The first kappa shape index (κ1) is 17.6. The van der Waals surface area contributed by atoms with Gasteiger partial charge in [-0.15, -0.1) is 0 Å². The summed E-state index contributed by atoms with van der Waals surface area (Å²) in [6.45, 7) is 3.98. The Kier molecular flexibility index (Phi) is 5.51. The van der Waals surface area contributed by atoms with Gasteiger partial charge in [0.05, 0.1) is 12.1 Å². The van der Waals surface area contributed by atoms with Crippen LogP contribution >= 0.6 is 0 Å². The molecular formula is C21H26N2O2. The summed E-state index contributed by atoms with van der Waals surface area (Å²) >= 11 is 0. The molecule has 2 aromatic rings. The fraction of sp³-hybridized carbons (Fsp3) is 0.381. The summed E-state index contributed by atoms with van der Waals surface area (Å²) in [5.74, 6) is 0.162. The smallest absolute Gasteiger partial charge is 0.224 e. The van der Waals surface area contributed by atoms with Crippen LogP contribution in [-0.4, -0.2) is 35.6 Å². The third-order valence-corrected chi connectivity index (χ3v) is 5.06. The third kappa shape index (κ3) is 4.09. The number of amides is 1. The molecule has 0 saturated carbocycles. The molecule has 132 valence electrons. The summed E-state index contributed by atoms with van der Waals surface area (Å²) in [4.78, 5) is 14.5. The lowest BCUT2D eigenvalue weighted by Crippen LogP contribution is -2.45. The number of benzene rings is 2. The van der Waals surface area contributed by atoms with E-state index in [1.54, 1.807) is 0 Å². The van der Waals surface area contributed by atoms with Crippen molar-refractivity contribution in [2.75, 3.05) is 19.7 Å². The average molecular weight is 338 g/mol. The van der Waals surface area contributed by atoms with E-state index in [-0.39, 0.29) is 12.5 Å². The molecule has 3 rings (SSSR count). The number of hydrogen-bond donors (Lipinski definition) is 2. The van der Waals surface area contributed by atoms with Crippen LogP contribution in [0.25, 0.3) is 0 Å². The monoisotopic (exact) mass is 338 g/mol. The van der Waals surface area contributed by atoms with Crippen molar-refractivity contribution in [1.29, 1.82) is 0 Å². The molecule has 0 radical (unpaired) electrons. The highest BCUT2D eigenvalue weighted by Gasteiger charge is 2.26. The zero-order valence-electron chi connectivity index (χ0n) is 14.7. The average Bonchev–Trinajstić information content (AvgIpc) is 2.68. The first-order valence-corrected chi connectivity index (χ1v) is 8.88. The summed E-state index contributed by atoms with van der Waals surface area (Å²) in [5, 5.41) is 13.2. The SMILES string of the molecule is C[C@](CO)(NCCC(=O)N1CCc2ccccc2C1)c1ccccc1. The Bertz CT molecular complexity index is 717. The number of aliphatic hydroxyl groups excluding tert-OH is 1. The van der Waals surface area contributed by atoms with Crippen molar-refractivity contribution in [3.8, 4) is 0 Å². The predicted molar refractivity (Wildman–Crippen MR) is 99.1 cm³/mol. The van der Waals surface area contributed by atoms with Crippen LogP contribution in [-0.2, 0) is 23.3 Å². The highest BCUT2D eigenvalue weighted by atomic mass is 16.3. The zero-order valence-corrected chi connectivity index (χ0v) is 14.7. The van der Waals surface area contributed by atoms with Gasteiger partial charge in [0.25, 0.3) is 0 Å². The maximum absolute atomic E-state index is 12.5. The Morgan fingerprint density at radius 2 is 1.80 bits per heavy atom. The normalized spacial score (nSPS) is 16.2. The van der Waals surface area contributed by atoms with E-state index in [0.29, 0.717) is 19.5 Å². The molecular weight excluding hydrogens is 312 g/mol. The number of carbonyl (C=O) groups excluding carboxylic acids is 1. The van der Waals surface area contributed by atoms with E-state index in [1.165, 1.54) is 11.1 Å². The number of fused-ring (bicyclic) bond motifs is 1. The van der Waals surface area contributed by atoms with E-state index in [9.17, 15) is 9.90 Å². The van der Waals surface area contributed by atoms with Gasteiger partial charge in [0.2, 0.25) is 5.91 Å². The van der Waals surface area contributed by atoms with Crippen molar-refractivity contribution in [3.05, 3.63) is 71.3 Å². The van der Waals surface area contributed by atoms with Gasteiger partial charge in [-0.05, 0) is 30.0 Å². The van der Waals surface area contributed by atoms with Gasteiger partial charge >= 0.3 is 0 Å². The Hall–Kier alpha value is -2.17. The number of aliphatic hydroxyl groups is 1. The van der Waals surface area contributed by atoms with Crippen molar-refractivity contribution >= 4 is 5.91 Å². The Labute approximate surface area is 149 Å². The van der Waals surface area contributed by atoms with Crippen molar-refractivity contribution in [2.45, 2.75) is 31.8 Å². The van der Waals surface area contributed by atoms with Crippen LogP contribution in [0.2, 0.25) is 0 Å². The van der Waals surface area contributed by atoms with Gasteiger partial charge in [0.15, 0.2) is 0 Å². The number of nitrogens with one attached hydrogen (secondary N) is 1. The lowest BCUT2D eigenvalue weighted by atomic mass is 9.93. The molecule has 0 aromatic heterocycles. The highest BCUT2D eigenvalue weighted by molar-refractivity contribution is 5.76. The van der Waals surface area contributed by atoms with Gasteiger partial charge in [-0.25, -0.2) is 0 Å². The Morgan fingerprint density at radius 3 is 2.52 bits per heavy atom. The molecule has 0 saturated heterocycles. The first-order valence-electron chi connectivity index (χ1n) is 8.88. The lowest BCUT2D eigenvalue weighted by molar-refractivity contribution is -0.132. The molecule has 1 heterocycles. The largest absolute Gasteiger partial charge is 0.394 e. The number of carbonyl (C=O) groups is 1. The summed E-state index contributed by atoms with van der Waals surface area (Å²) in [5.41, 5.74) is 3.09. The first-order chi connectivity index (χ1) is 12.1. The maximum Gasteiger partial charge on any atom is 0.224 e. The van der Waals surface area contributed by atoms with Crippen molar-refractivity contribution < 1.29 is 9.90 Å². The minimum atomic E-state index is -0.532. The Balaban J connectivity index is 1.54. The van der Waals surface area contributed by atoms with Crippen LogP contribution in [0.15, 0.2) is 54.6 Å². The molecule has 4 heteroatoms. The molecule has 25 heavy (non-hydrogen) atoms. The minimum absolute atomic E-state index is 0.0116. The van der Waals surface area contributed by atoms with Crippen molar-refractivity contribution in [1.82, 2.24) is 10.2 Å². The molecule has 1 amide bonds. The molecule has 4 nitrogen and oxygen atoms in total. The van der Waals surface area contributed by atoms with Gasteiger partial charge in [-0.2, -0.15) is 0 Å². The molecule has 1 aliphatic rings. The molecule has 0 bridgehead atoms. The van der Waals surface area contributed by atoms with E-state index < -0.39 is 5.54 Å². The van der Waals surface area contributed by atoms with Crippen LogP contribution in [0.1, 0.15) is 30.0 Å². The van der Waals surface area contributed by atoms with Crippen LogP contribution in [0.4, 0.5) is 0 Å². The van der Waals surface area contributed by atoms with Gasteiger partial charge in [0, 0.05) is 26.1 Å². The minimum Gasteiger partial charge on any atom is -0.394 e. The Morgan fingerprint density at radius 1 is 1.12 bits per heavy atom. The second kappa shape index (κ2) is 7.81. The molecule has 0 fully saturated rings.